The van der Waals surface area contributed by atoms with Gasteiger partial charge in [0.25, 0.3) is 0 Å². The van der Waals surface area contributed by atoms with Gasteiger partial charge in [0.1, 0.15) is 0 Å². The maximum Gasteiger partial charge on any atom is 0.339 e. The maximum absolute atomic E-state index is 11.9. The van der Waals surface area contributed by atoms with Gasteiger partial charge in [0.15, 0.2) is 0 Å². The highest BCUT2D eigenvalue weighted by Crippen LogP contribution is 2.40. The zero-order valence-electron chi connectivity index (χ0n) is 12.1. The standard InChI is InChI=1S/C17H17NO2S/c1-11-7-8-14(13(9-11)17(19)20-2)18-15-10-21-16-6-4-3-5-12(15)16/h3-9,15,18H,10H2,1-2H3. The number of methoxy groups -OCH3 is 1. The van der Waals surface area contributed by atoms with Gasteiger partial charge < -0.3 is 10.1 Å². The number of esters is 1. The van der Waals surface area contributed by atoms with E-state index in [9.17, 15) is 4.79 Å². The molecule has 3 rings (SSSR count). The van der Waals surface area contributed by atoms with Crippen LogP contribution in [0.15, 0.2) is 47.4 Å². The van der Waals surface area contributed by atoms with E-state index >= 15 is 0 Å². The summed E-state index contributed by atoms with van der Waals surface area (Å²) in [5.74, 6) is 0.661. The minimum atomic E-state index is -0.305. The molecule has 1 aliphatic heterocycles. The number of fused-ring (bicyclic) bond motifs is 1. The first-order valence-electron chi connectivity index (χ1n) is 6.86. The number of carbonyl (C=O) groups excluding carboxylic acids is 1. The van der Waals surface area contributed by atoms with Gasteiger partial charge in [-0.25, -0.2) is 4.79 Å². The van der Waals surface area contributed by atoms with Crippen LogP contribution >= 0.6 is 11.8 Å². The van der Waals surface area contributed by atoms with Crippen molar-refractivity contribution in [1.82, 2.24) is 0 Å². The van der Waals surface area contributed by atoms with Crippen LogP contribution in [0.2, 0.25) is 0 Å². The number of ether oxygens (including phenoxy) is 1. The Hall–Kier alpha value is -1.94. The van der Waals surface area contributed by atoms with E-state index in [2.05, 4.69) is 29.6 Å². The summed E-state index contributed by atoms with van der Waals surface area (Å²) < 4.78 is 4.88. The Balaban J connectivity index is 1.91. The van der Waals surface area contributed by atoms with Crippen LogP contribution < -0.4 is 5.32 Å². The number of benzene rings is 2. The fraction of sp³-hybridized carbons (Fsp3) is 0.235. The van der Waals surface area contributed by atoms with Gasteiger partial charge in [-0.3, -0.25) is 0 Å². The lowest BCUT2D eigenvalue weighted by Crippen LogP contribution is -2.14. The molecule has 3 nitrogen and oxygen atoms in total. The summed E-state index contributed by atoms with van der Waals surface area (Å²) >= 11 is 1.84. The minimum absolute atomic E-state index is 0.220. The van der Waals surface area contributed by atoms with Crippen molar-refractivity contribution in [3.05, 3.63) is 59.2 Å². The summed E-state index contributed by atoms with van der Waals surface area (Å²) in [5, 5.41) is 3.49. The first kappa shape index (κ1) is 14.0. The van der Waals surface area contributed by atoms with Crippen molar-refractivity contribution in [1.29, 1.82) is 0 Å². The lowest BCUT2D eigenvalue weighted by molar-refractivity contribution is 0.0601. The van der Waals surface area contributed by atoms with Crippen molar-refractivity contribution in [3.63, 3.8) is 0 Å². The molecule has 0 fully saturated rings. The third-order valence-corrected chi connectivity index (χ3v) is 4.79. The molecule has 0 saturated heterocycles. The molecule has 1 atom stereocenters. The van der Waals surface area contributed by atoms with Crippen LogP contribution in [0.25, 0.3) is 0 Å². The normalized spacial score (nSPS) is 16.4. The molecule has 0 radical (unpaired) electrons. The average molecular weight is 299 g/mol. The van der Waals surface area contributed by atoms with E-state index in [1.54, 1.807) is 0 Å². The lowest BCUT2D eigenvalue weighted by Gasteiger charge is -2.17. The smallest absolute Gasteiger partial charge is 0.339 e. The van der Waals surface area contributed by atoms with Crippen molar-refractivity contribution >= 4 is 23.4 Å². The molecule has 1 unspecified atom stereocenters. The van der Waals surface area contributed by atoms with Crippen molar-refractivity contribution in [3.8, 4) is 0 Å². The number of hydrogen-bond acceptors (Lipinski definition) is 4. The van der Waals surface area contributed by atoms with Gasteiger partial charge in [0.2, 0.25) is 0 Å². The van der Waals surface area contributed by atoms with Gasteiger partial charge in [-0.2, -0.15) is 0 Å². The second-order valence-electron chi connectivity index (χ2n) is 5.09. The number of hydrogen-bond donors (Lipinski definition) is 1. The van der Waals surface area contributed by atoms with E-state index in [0.29, 0.717) is 5.56 Å². The summed E-state index contributed by atoms with van der Waals surface area (Å²) in [7, 11) is 1.41. The molecule has 1 heterocycles. The Morgan fingerprint density at radius 3 is 2.90 bits per heavy atom. The number of aryl methyl sites for hydroxylation is 1. The Morgan fingerprint density at radius 1 is 1.29 bits per heavy atom. The molecule has 0 aromatic heterocycles. The largest absolute Gasteiger partial charge is 0.465 e. The Morgan fingerprint density at radius 2 is 2.10 bits per heavy atom. The summed E-state index contributed by atoms with van der Waals surface area (Å²) in [6, 6.07) is 14.4. The van der Waals surface area contributed by atoms with E-state index in [-0.39, 0.29) is 12.0 Å². The van der Waals surface area contributed by atoms with Gasteiger partial charge >= 0.3 is 5.97 Å². The van der Waals surface area contributed by atoms with E-state index in [4.69, 9.17) is 4.74 Å². The van der Waals surface area contributed by atoms with E-state index in [1.807, 2.05) is 36.9 Å². The van der Waals surface area contributed by atoms with E-state index in [1.165, 1.54) is 17.6 Å². The Bertz CT molecular complexity index is 684. The van der Waals surface area contributed by atoms with Crippen LogP contribution in [-0.4, -0.2) is 18.8 Å². The van der Waals surface area contributed by atoms with Crippen LogP contribution in [0, 0.1) is 6.92 Å². The average Bonchev–Trinajstić information content (AvgIpc) is 2.91. The second-order valence-corrected chi connectivity index (χ2v) is 6.15. The zero-order chi connectivity index (χ0) is 14.8. The molecule has 2 aromatic carbocycles. The predicted octanol–water partition coefficient (Wildman–Crippen LogP) is 4.04. The van der Waals surface area contributed by atoms with Crippen LogP contribution in [-0.2, 0) is 4.74 Å². The first-order valence-corrected chi connectivity index (χ1v) is 7.85. The fourth-order valence-corrected chi connectivity index (χ4v) is 3.69. The van der Waals surface area contributed by atoms with Crippen molar-refractivity contribution in [2.45, 2.75) is 17.9 Å². The molecule has 0 saturated carbocycles. The van der Waals surface area contributed by atoms with Gasteiger partial charge in [-0.1, -0.05) is 29.8 Å². The van der Waals surface area contributed by atoms with Crippen LogP contribution in [0.3, 0.4) is 0 Å². The Kier molecular flexibility index (Phi) is 3.88. The monoisotopic (exact) mass is 299 g/mol. The highest BCUT2D eigenvalue weighted by molar-refractivity contribution is 7.99. The third kappa shape index (κ3) is 2.76. The molecular formula is C17H17NO2S. The number of thioether (sulfide) groups is 1. The topological polar surface area (TPSA) is 38.3 Å². The molecule has 0 bridgehead atoms. The number of nitrogens with one attached hydrogen (secondary N) is 1. The molecule has 2 aromatic rings. The maximum atomic E-state index is 11.9. The SMILES string of the molecule is COC(=O)c1cc(C)ccc1NC1CSc2ccccc21. The molecule has 0 spiro atoms. The molecule has 0 aliphatic carbocycles. The lowest BCUT2D eigenvalue weighted by atomic mass is 10.1. The molecule has 21 heavy (non-hydrogen) atoms. The fourth-order valence-electron chi connectivity index (χ4n) is 2.53. The van der Waals surface area contributed by atoms with Gasteiger partial charge in [0, 0.05) is 16.3 Å². The first-order chi connectivity index (χ1) is 10.2. The minimum Gasteiger partial charge on any atom is -0.465 e. The molecule has 4 heteroatoms. The summed E-state index contributed by atoms with van der Waals surface area (Å²) in [4.78, 5) is 13.2. The number of carbonyl (C=O) groups is 1. The van der Waals surface area contributed by atoms with Crippen molar-refractivity contribution < 1.29 is 9.53 Å². The second kappa shape index (κ2) is 5.82. The molecule has 1 N–H and O–H groups in total. The van der Waals surface area contributed by atoms with Crippen LogP contribution in [0.5, 0.6) is 0 Å². The number of anilines is 1. The van der Waals surface area contributed by atoms with Gasteiger partial charge in [-0.15, -0.1) is 11.8 Å². The van der Waals surface area contributed by atoms with Crippen LogP contribution in [0.1, 0.15) is 27.5 Å². The number of rotatable bonds is 3. The predicted molar refractivity (Wildman–Crippen MR) is 86.0 cm³/mol. The van der Waals surface area contributed by atoms with Crippen molar-refractivity contribution in [2.75, 3.05) is 18.2 Å². The zero-order valence-corrected chi connectivity index (χ0v) is 12.9. The van der Waals surface area contributed by atoms with Gasteiger partial charge in [0.05, 0.1) is 18.7 Å². The summed E-state index contributed by atoms with van der Waals surface area (Å²) in [6.45, 7) is 1.97. The van der Waals surface area contributed by atoms with Crippen LogP contribution in [0.4, 0.5) is 5.69 Å². The summed E-state index contributed by atoms with van der Waals surface area (Å²) in [5.41, 5.74) is 3.75. The molecular weight excluding hydrogens is 282 g/mol. The highest BCUT2D eigenvalue weighted by Gasteiger charge is 2.24. The van der Waals surface area contributed by atoms with Crippen molar-refractivity contribution in [2.24, 2.45) is 0 Å². The summed E-state index contributed by atoms with van der Waals surface area (Å²) in [6.07, 6.45) is 0. The van der Waals surface area contributed by atoms with E-state index < -0.39 is 0 Å². The van der Waals surface area contributed by atoms with Gasteiger partial charge in [-0.05, 0) is 30.7 Å². The van der Waals surface area contributed by atoms with E-state index in [0.717, 1.165) is 17.0 Å². The molecule has 0 amide bonds. The quantitative estimate of drug-likeness (QED) is 0.868. The molecule has 1 aliphatic rings. The molecule has 108 valence electrons. The Labute approximate surface area is 128 Å². The highest BCUT2D eigenvalue weighted by atomic mass is 32.2. The third-order valence-electron chi connectivity index (χ3n) is 3.61.